The first-order valence-corrected chi connectivity index (χ1v) is 7.52. The third-order valence-electron chi connectivity index (χ3n) is 3.69. The molecule has 0 spiro atoms. The van der Waals surface area contributed by atoms with Crippen molar-refractivity contribution in [3.63, 3.8) is 0 Å². The number of anilines is 1. The van der Waals surface area contributed by atoms with Crippen LogP contribution >= 0.6 is 11.6 Å². The molecule has 1 saturated heterocycles. The summed E-state index contributed by atoms with van der Waals surface area (Å²) >= 11 is 6.08. The highest BCUT2D eigenvalue weighted by atomic mass is 35.5. The molecule has 1 aliphatic heterocycles. The fourth-order valence-corrected chi connectivity index (χ4v) is 2.70. The number of nitrogens with zero attached hydrogens (tertiary/aromatic N) is 1. The molecule has 6 heteroatoms. The van der Waals surface area contributed by atoms with E-state index in [0.717, 1.165) is 12.8 Å². The van der Waals surface area contributed by atoms with E-state index in [4.69, 9.17) is 17.3 Å². The van der Waals surface area contributed by atoms with Gasteiger partial charge in [0.25, 0.3) is 5.91 Å². The van der Waals surface area contributed by atoms with Gasteiger partial charge in [-0.25, -0.2) is 0 Å². The summed E-state index contributed by atoms with van der Waals surface area (Å²) in [6.45, 7) is 3.07. The normalized spacial score (nSPS) is 15.8. The van der Waals surface area contributed by atoms with Gasteiger partial charge in [0.15, 0.2) is 0 Å². The molecule has 21 heavy (non-hydrogen) atoms. The lowest BCUT2D eigenvalue weighted by Crippen LogP contribution is -2.46. The number of amides is 2. The number of likely N-dealkylation sites (tertiary alicyclic amines) is 1. The summed E-state index contributed by atoms with van der Waals surface area (Å²) in [4.78, 5) is 25.6. The number of halogens is 1. The number of rotatable bonds is 3. The van der Waals surface area contributed by atoms with Crippen LogP contribution < -0.4 is 11.1 Å². The summed E-state index contributed by atoms with van der Waals surface area (Å²) in [5.74, 6) is -0.0263. The van der Waals surface area contributed by atoms with Crippen molar-refractivity contribution in [2.45, 2.75) is 32.2 Å². The maximum Gasteiger partial charge on any atom is 0.255 e. The van der Waals surface area contributed by atoms with Crippen molar-refractivity contribution in [2.24, 2.45) is 0 Å². The van der Waals surface area contributed by atoms with Crippen molar-refractivity contribution in [3.8, 4) is 0 Å². The van der Waals surface area contributed by atoms with E-state index < -0.39 is 0 Å². The standard InChI is InChI=1S/C15H20ClN3O2/c1-2-14(20)18-11-5-7-19(8-6-11)15(21)12-4-3-10(17)9-13(12)16/h3-4,9,11H,2,5-8,17H2,1H3,(H,18,20). The van der Waals surface area contributed by atoms with Crippen molar-refractivity contribution in [1.29, 1.82) is 0 Å². The van der Waals surface area contributed by atoms with Crippen LogP contribution in [0.3, 0.4) is 0 Å². The zero-order valence-corrected chi connectivity index (χ0v) is 12.8. The van der Waals surface area contributed by atoms with Crippen LogP contribution in [0.2, 0.25) is 5.02 Å². The largest absolute Gasteiger partial charge is 0.399 e. The van der Waals surface area contributed by atoms with Gasteiger partial charge in [0.1, 0.15) is 0 Å². The average Bonchev–Trinajstić information content (AvgIpc) is 2.47. The summed E-state index contributed by atoms with van der Waals surface area (Å²) in [6, 6.07) is 5.07. The van der Waals surface area contributed by atoms with Gasteiger partial charge < -0.3 is 16.0 Å². The Morgan fingerprint density at radius 1 is 1.38 bits per heavy atom. The van der Waals surface area contributed by atoms with E-state index in [1.54, 1.807) is 23.1 Å². The average molecular weight is 310 g/mol. The fraction of sp³-hybridized carbons (Fsp3) is 0.467. The second-order valence-corrected chi connectivity index (χ2v) is 5.63. The van der Waals surface area contributed by atoms with Gasteiger partial charge in [0.2, 0.25) is 5.91 Å². The first kappa shape index (κ1) is 15.6. The molecule has 1 aromatic carbocycles. The Morgan fingerprint density at radius 2 is 2.05 bits per heavy atom. The SMILES string of the molecule is CCC(=O)NC1CCN(C(=O)c2ccc(N)cc2Cl)CC1. The molecule has 3 N–H and O–H groups in total. The number of nitrogens with two attached hydrogens (primary N) is 1. The minimum atomic E-state index is -0.0831. The van der Waals surface area contributed by atoms with Crippen LogP contribution in [-0.2, 0) is 4.79 Å². The Hall–Kier alpha value is -1.75. The molecule has 0 aromatic heterocycles. The molecule has 114 valence electrons. The molecule has 0 radical (unpaired) electrons. The summed E-state index contributed by atoms with van der Waals surface area (Å²) in [5, 5.41) is 3.34. The van der Waals surface area contributed by atoms with Gasteiger partial charge in [-0.3, -0.25) is 9.59 Å². The predicted octanol–water partition coefficient (Wildman–Crippen LogP) is 2.05. The topological polar surface area (TPSA) is 75.4 Å². The summed E-state index contributed by atoms with van der Waals surface area (Å²) in [7, 11) is 0. The molecule has 1 aliphatic rings. The van der Waals surface area contributed by atoms with Gasteiger partial charge in [0.05, 0.1) is 10.6 Å². The summed E-state index contributed by atoms with van der Waals surface area (Å²) in [5.41, 5.74) is 6.65. The molecule has 0 aliphatic carbocycles. The van der Waals surface area contributed by atoms with Crippen LogP contribution in [0.25, 0.3) is 0 Å². The fourth-order valence-electron chi connectivity index (χ4n) is 2.43. The number of hydrogen-bond donors (Lipinski definition) is 2. The third kappa shape index (κ3) is 3.88. The van der Waals surface area contributed by atoms with Crippen LogP contribution in [0.4, 0.5) is 5.69 Å². The van der Waals surface area contributed by atoms with Crippen LogP contribution in [0, 0.1) is 0 Å². The molecule has 2 amide bonds. The smallest absolute Gasteiger partial charge is 0.255 e. The zero-order valence-electron chi connectivity index (χ0n) is 12.1. The minimum absolute atomic E-state index is 0.0568. The molecular formula is C15H20ClN3O2. The number of carbonyl (C=O) groups is 2. The molecule has 5 nitrogen and oxygen atoms in total. The van der Waals surface area contributed by atoms with E-state index in [0.29, 0.717) is 35.8 Å². The first-order chi connectivity index (χ1) is 10.0. The number of benzene rings is 1. The lowest BCUT2D eigenvalue weighted by molar-refractivity contribution is -0.121. The number of piperidine rings is 1. The van der Waals surface area contributed by atoms with Gasteiger partial charge >= 0.3 is 0 Å². The molecule has 1 aromatic rings. The monoisotopic (exact) mass is 309 g/mol. The maximum absolute atomic E-state index is 12.4. The lowest BCUT2D eigenvalue weighted by Gasteiger charge is -2.32. The highest BCUT2D eigenvalue weighted by molar-refractivity contribution is 6.34. The van der Waals surface area contributed by atoms with Gasteiger partial charge in [-0.15, -0.1) is 0 Å². The quantitative estimate of drug-likeness (QED) is 0.839. The van der Waals surface area contributed by atoms with E-state index in [9.17, 15) is 9.59 Å². The van der Waals surface area contributed by atoms with E-state index in [1.165, 1.54) is 0 Å². The Kier molecular flexibility index (Phi) is 5.07. The van der Waals surface area contributed by atoms with Gasteiger partial charge in [-0.2, -0.15) is 0 Å². The Labute approximate surface area is 129 Å². The number of hydrogen-bond acceptors (Lipinski definition) is 3. The highest BCUT2D eigenvalue weighted by Crippen LogP contribution is 2.22. The summed E-state index contributed by atoms with van der Waals surface area (Å²) < 4.78 is 0. The Morgan fingerprint density at radius 3 is 2.62 bits per heavy atom. The Bertz CT molecular complexity index is 540. The number of nitrogen functional groups attached to an aromatic ring is 1. The van der Waals surface area contributed by atoms with Crippen molar-refractivity contribution < 1.29 is 9.59 Å². The predicted molar refractivity (Wildman–Crippen MR) is 83.2 cm³/mol. The second kappa shape index (κ2) is 6.80. The van der Waals surface area contributed by atoms with Crippen molar-refractivity contribution in [2.75, 3.05) is 18.8 Å². The maximum atomic E-state index is 12.4. The molecule has 0 atom stereocenters. The zero-order chi connectivity index (χ0) is 15.4. The highest BCUT2D eigenvalue weighted by Gasteiger charge is 2.25. The molecule has 0 bridgehead atoms. The van der Waals surface area contributed by atoms with Crippen molar-refractivity contribution in [1.82, 2.24) is 10.2 Å². The minimum Gasteiger partial charge on any atom is -0.399 e. The lowest BCUT2D eigenvalue weighted by atomic mass is 10.0. The van der Waals surface area contributed by atoms with Crippen molar-refractivity contribution in [3.05, 3.63) is 28.8 Å². The van der Waals surface area contributed by atoms with E-state index in [2.05, 4.69) is 5.32 Å². The van der Waals surface area contributed by atoms with E-state index in [1.807, 2.05) is 6.92 Å². The van der Waals surface area contributed by atoms with Crippen LogP contribution in [0.15, 0.2) is 18.2 Å². The molecule has 1 heterocycles. The van der Waals surface area contributed by atoms with Gasteiger partial charge in [0, 0.05) is 31.2 Å². The molecule has 0 unspecified atom stereocenters. The summed E-state index contributed by atoms with van der Waals surface area (Å²) in [6.07, 6.45) is 2.02. The molecular weight excluding hydrogens is 290 g/mol. The second-order valence-electron chi connectivity index (χ2n) is 5.23. The first-order valence-electron chi connectivity index (χ1n) is 7.15. The van der Waals surface area contributed by atoms with E-state index in [-0.39, 0.29) is 17.9 Å². The number of nitrogens with one attached hydrogen (secondary N) is 1. The van der Waals surface area contributed by atoms with Crippen molar-refractivity contribution >= 4 is 29.1 Å². The molecule has 2 rings (SSSR count). The molecule has 1 fully saturated rings. The van der Waals surface area contributed by atoms with Gasteiger partial charge in [-0.1, -0.05) is 18.5 Å². The molecule has 0 saturated carbocycles. The number of carbonyl (C=O) groups excluding carboxylic acids is 2. The van der Waals surface area contributed by atoms with Crippen LogP contribution in [0.5, 0.6) is 0 Å². The van der Waals surface area contributed by atoms with E-state index >= 15 is 0 Å². The van der Waals surface area contributed by atoms with Gasteiger partial charge in [-0.05, 0) is 31.0 Å². The third-order valence-corrected chi connectivity index (χ3v) is 4.00. The Balaban J connectivity index is 1.95. The van der Waals surface area contributed by atoms with Crippen LogP contribution in [0.1, 0.15) is 36.5 Å². The van der Waals surface area contributed by atoms with Crippen LogP contribution in [-0.4, -0.2) is 35.8 Å².